The number of benzene rings is 1. The van der Waals surface area contributed by atoms with Crippen LogP contribution in [-0.2, 0) is 4.79 Å². The Morgan fingerprint density at radius 2 is 1.86 bits per heavy atom. The normalized spacial score (nSPS) is 14.8. The first-order chi connectivity index (χ1) is 17.6. The number of ether oxygens (including phenoxy) is 1. The Morgan fingerprint density at radius 3 is 2.57 bits per heavy atom. The van der Waals surface area contributed by atoms with E-state index in [1.807, 2.05) is 11.9 Å². The molecule has 0 spiro atoms. The Kier molecular flexibility index (Phi) is 7.85. The van der Waals surface area contributed by atoms with Gasteiger partial charge in [-0.3, -0.25) is 19.8 Å². The summed E-state index contributed by atoms with van der Waals surface area (Å²) in [6.07, 6.45) is -3.48. The van der Waals surface area contributed by atoms with Crippen LogP contribution in [0.5, 0.6) is 5.75 Å². The number of nitrogen functional groups attached to an aromatic ring is 1. The van der Waals surface area contributed by atoms with Crippen LogP contribution in [0.4, 0.5) is 29.8 Å². The van der Waals surface area contributed by atoms with Crippen LogP contribution in [0.25, 0.3) is 10.6 Å². The second kappa shape index (κ2) is 11.1. The molecular weight excluding hydrogens is 513 g/mol. The molecule has 4 rings (SSSR count). The number of amides is 2. The highest BCUT2D eigenvalue weighted by atomic mass is 32.1. The molecule has 1 aliphatic rings. The van der Waals surface area contributed by atoms with Gasteiger partial charge >= 0.3 is 6.36 Å². The van der Waals surface area contributed by atoms with Gasteiger partial charge in [-0.15, -0.1) is 23.4 Å². The molecule has 37 heavy (non-hydrogen) atoms. The van der Waals surface area contributed by atoms with Crippen molar-refractivity contribution in [3.05, 3.63) is 42.1 Å². The Balaban J connectivity index is 1.48. The summed E-state index contributed by atoms with van der Waals surface area (Å²) in [5.41, 5.74) is 6.03. The predicted octanol–water partition coefficient (Wildman–Crippen LogP) is 2.52. The summed E-state index contributed by atoms with van der Waals surface area (Å²) in [5, 5.41) is 13.6. The van der Waals surface area contributed by atoms with E-state index >= 15 is 0 Å². The van der Waals surface area contributed by atoms with Gasteiger partial charge in [0.1, 0.15) is 10.8 Å². The van der Waals surface area contributed by atoms with Crippen LogP contribution in [0.2, 0.25) is 0 Å². The molecule has 3 heterocycles. The number of carbonyl (C=O) groups excluding carboxylic acids is 2. The Bertz CT molecular complexity index is 1280. The van der Waals surface area contributed by atoms with E-state index in [9.17, 15) is 22.8 Å². The molecule has 0 aliphatic carbocycles. The molecule has 1 aromatic carbocycles. The zero-order chi connectivity index (χ0) is 26.6. The summed E-state index contributed by atoms with van der Waals surface area (Å²) in [6.45, 7) is 2.83. The fourth-order valence-corrected chi connectivity index (χ4v) is 4.26. The number of hydrogen-bond acceptors (Lipinski definition) is 10. The van der Waals surface area contributed by atoms with Crippen molar-refractivity contribution in [2.24, 2.45) is 0 Å². The number of likely N-dealkylation sites (N-methyl/N-ethyl adjacent to an activating group) is 1. The van der Waals surface area contributed by atoms with Gasteiger partial charge in [-0.1, -0.05) is 11.3 Å². The zero-order valence-corrected chi connectivity index (χ0v) is 20.4. The maximum atomic E-state index is 12.9. The topological polar surface area (TPSA) is 139 Å². The summed E-state index contributed by atoms with van der Waals surface area (Å²) in [7, 11) is 1.96. The third kappa shape index (κ3) is 7.34. The number of carbonyl (C=O) groups is 2. The first kappa shape index (κ1) is 26.2. The number of nitrogens with zero attached hydrogens (tertiary/aromatic N) is 5. The van der Waals surface area contributed by atoms with Crippen LogP contribution in [0.15, 0.2) is 36.5 Å². The minimum atomic E-state index is -4.99. The number of anilines is 3. The number of pyridine rings is 1. The van der Waals surface area contributed by atoms with E-state index in [1.165, 1.54) is 6.20 Å². The van der Waals surface area contributed by atoms with Gasteiger partial charge in [-0.2, -0.15) is 0 Å². The lowest BCUT2D eigenvalue weighted by atomic mass is 10.1. The molecule has 0 atom stereocenters. The quantitative estimate of drug-likeness (QED) is 0.416. The molecular formula is C22H23F3N8O3S. The molecule has 1 fully saturated rings. The number of alkyl halides is 3. The van der Waals surface area contributed by atoms with E-state index in [-0.39, 0.29) is 22.9 Å². The number of rotatable bonds is 7. The highest BCUT2D eigenvalue weighted by Crippen LogP contribution is 2.32. The maximum Gasteiger partial charge on any atom is 0.573 e. The second-order valence-electron chi connectivity index (χ2n) is 8.22. The standard InChI is InChI=1S/C22H23F3N8O3S/c1-32-6-8-33(9-7-32)12-18(34)28-15-10-13(2-3-16(15)36-22(23,24)25)19(35)29-21-31-30-20(37-21)14-4-5-27-17(26)11-14/h2-5,10-11H,6-9,12H2,1H3,(H2,26,27)(H,28,34)(H,29,31,35). The van der Waals surface area contributed by atoms with Gasteiger partial charge in [0.25, 0.3) is 5.91 Å². The number of halogens is 3. The SMILES string of the molecule is CN1CCN(CC(=O)Nc2cc(C(=O)Nc3nnc(-c4ccnc(N)c4)s3)ccc2OC(F)(F)F)CC1. The average molecular weight is 537 g/mol. The average Bonchev–Trinajstić information content (AvgIpc) is 3.29. The summed E-state index contributed by atoms with van der Waals surface area (Å²) >= 11 is 1.07. The molecule has 0 unspecified atom stereocenters. The van der Waals surface area contributed by atoms with Crippen LogP contribution < -0.4 is 21.1 Å². The van der Waals surface area contributed by atoms with E-state index in [1.54, 1.807) is 12.1 Å². The van der Waals surface area contributed by atoms with Crippen molar-refractivity contribution < 1.29 is 27.5 Å². The maximum absolute atomic E-state index is 12.9. The molecule has 3 aromatic rings. The monoisotopic (exact) mass is 536 g/mol. The van der Waals surface area contributed by atoms with Gasteiger partial charge in [0, 0.05) is 43.5 Å². The fraction of sp³-hybridized carbons (Fsp3) is 0.318. The summed E-state index contributed by atoms with van der Waals surface area (Å²) in [5.74, 6) is -1.53. The molecule has 0 radical (unpaired) electrons. The van der Waals surface area contributed by atoms with Crippen molar-refractivity contribution in [2.45, 2.75) is 6.36 Å². The molecule has 1 aliphatic heterocycles. The van der Waals surface area contributed by atoms with Crippen molar-refractivity contribution >= 4 is 39.8 Å². The van der Waals surface area contributed by atoms with Crippen LogP contribution in [-0.4, -0.2) is 82.9 Å². The summed E-state index contributed by atoms with van der Waals surface area (Å²) in [6, 6.07) is 6.52. The largest absolute Gasteiger partial charge is 0.573 e. The number of aromatic nitrogens is 3. The van der Waals surface area contributed by atoms with Gasteiger partial charge < -0.3 is 20.7 Å². The third-order valence-electron chi connectivity index (χ3n) is 5.38. The van der Waals surface area contributed by atoms with Crippen LogP contribution in [0.3, 0.4) is 0 Å². The summed E-state index contributed by atoms with van der Waals surface area (Å²) < 4.78 is 42.8. The lowest BCUT2D eigenvalue weighted by Gasteiger charge is -2.31. The van der Waals surface area contributed by atoms with E-state index in [4.69, 9.17) is 5.73 Å². The Labute approximate surface area is 213 Å². The van der Waals surface area contributed by atoms with Crippen molar-refractivity contribution in [3.8, 4) is 16.3 Å². The van der Waals surface area contributed by atoms with Crippen LogP contribution in [0, 0.1) is 0 Å². The van der Waals surface area contributed by atoms with E-state index in [0.29, 0.717) is 29.5 Å². The molecule has 4 N–H and O–H groups in total. The van der Waals surface area contributed by atoms with Crippen molar-refractivity contribution in [1.29, 1.82) is 0 Å². The zero-order valence-electron chi connectivity index (χ0n) is 19.6. The molecule has 1 saturated heterocycles. The minimum Gasteiger partial charge on any atom is -0.404 e. The number of nitrogens with one attached hydrogen (secondary N) is 2. The lowest BCUT2D eigenvalue weighted by Crippen LogP contribution is -2.47. The molecule has 0 bridgehead atoms. The predicted molar refractivity (Wildman–Crippen MR) is 131 cm³/mol. The number of hydrogen-bond donors (Lipinski definition) is 3. The van der Waals surface area contributed by atoms with E-state index < -0.39 is 23.9 Å². The second-order valence-corrected chi connectivity index (χ2v) is 9.20. The van der Waals surface area contributed by atoms with Crippen molar-refractivity contribution in [1.82, 2.24) is 25.0 Å². The summed E-state index contributed by atoms with van der Waals surface area (Å²) in [4.78, 5) is 33.3. The Morgan fingerprint density at radius 1 is 1.11 bits per heavy atom. The minimum absolute atomic E-state index is 0.0111. The Hall–Kier alpha value is -3.82. The molecule has 15 heteroatoms. The first-order valence-electron chi connectivity index (χ1n) is 11.0. The van der Waals surface area contributed by atoms with Crippen LogP contribution >= 0.6 is 11.3 Å². The van der Waals surface area contributed by atoms with Crippen LogP contribution in [0.1, 0.15) is 10.4 Å². The van der Waals surface area contributed by atoms with Gasteiger partial charge in [-0.05, 0) is 37.4 Å². The third-order valence-corrected chi connectivity index (χ3v) is 6.27. The van der Waals surface area contributed by atoms with Crippen molar-refractivity contribution in [2.75, 3.05) is 56.1 Å². The first-order valence-corrected chi connectivity index (χ1v) is 11.8. The van der Waals surface area contributed by atoms with Gasteiger partial charge in [0.2, 0.25) is 11.0 Å². The lowest BCUT2D eigenvalue weighted by molar-refractivity contribution is -0.274. The van der Waals surface area contributed by atoms with E-state index in [0.717, 1.165) is 42.6 Å². The van der Waals surface area contributed by atoms with Gasteiger partial charge in [-0.25, -0.2) is 4.98 Å². The highest BCUT2D eigenvalue weighted by Gasteiger charge is 2.33. The van der Waals surface area contributed by atoms with Crippen molar-refractivity contribution in [3.63, 3.8) is 0 Å². The van der Waals surface area contributed by atoms with Gasteiger partial charge in [0.15, 0.2) is 5.75 Å². The highest BCUT2D eigenvalue weighted by molar-refractivity contribution is 7.18. The molecule has 0 saturated carbocycles. The molecule has 11 nitrogen and oxygen atoms in total. The molecule has 196 valence electrons. The fourth-order valence-electron chi connectivity index (χ4n) is 3.52. The number of nitrogens with two attached hydrogens (primary N) is 1. The number of piperazine rings is 1. The molecule has 2 aromatic heterocycles. The van der Waals surface area contributed by atoms with E-state index in [2.05, 4.69) is 35.5 Å². The smallest absolute Gasteiger partial charge is 0.404 e. The molecule has 2 amide bonds. The van der Waals surface area contributed by atoms with Gasteiger partial charge in [0.05, 0.1) is 12.2 Å².